The molecule has 0 saturated carbocycles. The predicted octanol–water partition coefficient (Wildman–Crippen LogP) is 15.1. The Morgan fingerprint density at radius 3 is 1.96 bits per heavy atom. The fraction of sp³-hybridized carbons (Fsp3) is 0. The van der Waals surface area contributed by atoms with Crippen molar-refractivity contribution in [3.63, 3.8) is 0 Å². The highest BCUT2D eigenvalue weighted by Crippen LogP contribution is 2.46. The normalized spacial score (nSPS) is 11.8. The summed E-state index contributed by atoms with van der Waals surface area (Å²) in [6.07, 6.45) is 0. The molecule has 3 heteroatoms. The monoisotopic (exact) mass is 693 g/mol. The van der Waals surface area contributed by atoms with Crippen molar-refractivity contribution in [3.05, 3.63) is 188 Å². The molecular formula is C50H31NOS. The summed E-state index contributed by atoms with van der Waals surface area (Å²) in [5.74, 6) is 0. The van der Waals surface area contributed by atoms with E-state index in [2.05, 4.69) is 193 Å². The van der Waals surface area contributed by atoms with Gasteiger partial charge in [0, 0.05) is 42.3 Å². The van der Waals surface area contributed by atoms with Crippen molar-refractivity contribution in [1.29, 1.82) is 0 Å². The summed E-state index contributed by atoms with van der Waals surface area (Å²) in [4.78, 5) is 2.40. The van der Waals surface area contributed by atoms with Crippen molar-refractivity contribution >= 4 is 92.1 Å². The topological polar surface area (TPSA) is 16.4 Å². The predicted molar refractivity (Wildman–Crippen MR) is 227 cm³/mol. The highest BCUT2D eigenvalue weighted by atomic mass is 32.1. The molecule has 2 nitrogen and oxygen atoms in total. The highest BCUT2D eigenvalue weighted by Gasteiger charge is 2.21. The first kappa shape index (κ1) is 30.0. The van der Waals surface area contributed by atoms with Gasteiger partial charge in [0.1, 0.15) is 11.2 Å². The summed E-state index contributed by atoms with van der Waals surface area (Å²) >= 11 is 1.86. The third-order valence-electron chi connectivity index (χ3n) is 10.7. The zero-order chi connectivity index (χ0) is 34.9. The molecule has 0 aliphatic heterocycles. The lowest BCUT2D eigenvalue weighted by Crippen LogP contribution is -2.10. The summed E-state index contributed by atoms with van der Waals surface area (Å²) in [5.41, 5.74) is 9.87. The van der Waals surface area contributed by atoms with E-state index in [1.807, 2.05) is 11.3 Å². The molecular weight excluding hydrogens is 663 g/mol. The Labute approximate surface area is 310 Å². The number of rotatable bonds is 5. The molecule has 0 unspecified atom stereocenters. The van der Waals surface area contributed by atoms with Gasteiger partial charge in [-0.3, -0.25) is 0 Å². The number of nitrogens with zero attached hydrogens (tertiary/aromatic N) is 1. The molecule has 0 N–H and O–H groups in total. The third-order valence-corrected chi connectivity index (χ3v) is 11.8. The molecule has 0 saturated heterocycles. The highest BCUT2D eigenvalue weighted by molar-refractivity contribution is 7.25. The van der Waals surface area contributed by atoms with Crippen LogP contribution in [0.3, 0.4) is 0 Å². The molecule has 0 radical (unpaired) electrons. The summed E-state index contributed by atoms with van der Waals surface area (Å²) < 4.78 is 9.31. The van der Waals surface area contributed by atoms with Crippen molar-refractivity contribution in [2.45, 2.75) is 0 Å². The first-order valence-electron chi connectivity index (χ1n) is 18.0. The minimum absolute atomic E-state index is 0.872. The van der Waals surface area contributed by atoms with Crippen molar-refractivity contribution < 1.29 is 4.42 Å². The Hall–Kier alpha value is -6.68. The number of fused-ring (bicyclic) bond motifs is 9. The molecule has 0 aliphatic rings. The van der Waals surface area contributed by atoms with E-state index in [4.69, 9.17) is 4.42 Å². The lowest BCUT2D eigenvalue weighted by Gasteiger charge is -2.27. The van der Waals surface area contributed by atoms with Gasteiger partial charge in [0.05, 0.1) is 11.1 Å². The Morgan fingerprint density at radius 2 is 1.08 bits per heavy atom. The second kappa shape index (κ2) is 11.9. The fourth-order valence-electron chi connectivity index (χ4n) is 8.24. The van der Waals surface area contributed by atoms with Crippen molar-refractivity contribution in [3.8, 4) is 22.3 Å². The summed E-state index contributed by atoms with van der Waals surface area (Å²) in [6, 6.07) is 68.0. The van der Waals surface area contributed by atoms with Gasteiger partial charge in [-0.1, -0.05) is 133 Å². The van der Waals surface area contributed by atoms with Gasteiger partial charge in [-0.2, -0.15) is 0 Å². The van der Waals surface area contributed by atoms with Crippen LogP contribution >= 0.6 is 11.3 Å². The van der Waals surface area contributed by atoms with Gasteiger partial charge < -0.3 is 9.32 Å². The molecule has 2 aromatic heterocycles. The molecule has 0 amide bonds. The standard InChI is InChI=1S/C50H31NOS/c1-3-16-38-32(11-1)13-8-19-39(38)34-25-28-36(29-26-34)51(44-21-10-22-45-49(44)43-30-27-33-12-2-4-17-41(33)50(43)52-45)37-15-7-14-35(31-37)40-20-9-24-47-48(40)42-18-5-6-23-46(42)53-47/h1-31H. The maximum absolute atomic E-state index is 6.69. The Morgan fingerprint density at radius 1 is 0.396 bits per heavy atom. The van der Waals surface area contributed by atoms with Crippen LogP contribution in [0.5, 0.6) is 0 Å². The summed E-state index contributed by atoms with van der Waals surface area (Å²) in [5, 5.41) is 9.61. The first-order valence-corrected chi connectivity index (χ1v) is 18.8. The quantitative estimate of drug-likeness (QED) is 0.178. The lowest BCUT2D eigenvalue weighted by atomic mass is 9.97. The molecule has 11 aromatic rings. The summed E-state index contributed by atoms with van der Waals surface area (Å²) in [6.45, 7) is 0. The number of thiophene rings is 1. The van der Waals surface area contributed by atoms with Crippen LogP contribution in [0.25, 0.3) is 85.9 Å². The average Bonchev–Trinajstić information content (AvgIpc) is 3.81. The van der Waals surface area contributed by atoms with Gasteiger partial charge in [-0.15, -0.1) is 11.3 Å². The van der Waals surface area contributed by atoms with E-state index in [0.717, 1.165) is 44.4 Å². The second-order valence-corrected chi connectivity index (χ2v) is 14.7. The number of hydrogen-bond acceptors (Lipinski definition) is 3. The third kappa shape index (κ3) is 4.78. The van der Waals surface area contributed by atoms with Gasteiger partial charge in [0.15, 0.2) is 0 Å². The molecule has 248 valence electrons. The largest absolute Gasteiger partial charge is 0.455 e. The van der Waals surface area contributed by atoms with Crippen molar-refractivity contribution in [1.82, 2.24) is 0 Å². The van der Waals surface area contributed by atoms with Gasteiger partial charge in [-0.05, 0) is 93.0 Å². The van der Waals surface area contributed by atoms with E-state index in [0.29, 0.717) is 0 Å². The number of benzene rings is 9. The average molecular weight is 694 g/mol. The minimum Gasteiger partial charge on any atom is -0.455 e. The number of anilines is 3. The van der Waals surface area contributed by atoms with Gasteiger partial charge >= 0.3 is 0 Å². The van der Waals surface area contributed by atoms with E-state index < -0.39 is 0 Å². The first-order chi connectivity index (χ1) is 26.3. The summed E-state index contributed by atoms with van der Waals surface area (Å²) in [7, 11) is 0. The van der Waals surface area contributed by atoms with Crippen LogP contribution in [0.15, 0.2) is 192 Å². The smallest absolute Gasteiger partial charge is 0.143 e. The second-order valence-electron chi connectivity index (χ2n) is 13.7. The fourth-order valence-corrected chi connectivity index (χ4v) is 9.38. The van der Waals surface area contributed by atoms with Crippen LogP contribution < -0.4 is 4.90 Å². The van der Waals surface area contributed by atoms with Crippen LogP contribution in [0.1, 0.15) is 0 Å². The van der Waals surface area contributed by atoms with Gasteiger partial charge in [0.2, 0.25) is 0 Å². The van der Waals surface area contributed by atoms with E-state index >= 15 is 0 Å². The maximum atomic E-state index is 6.69. The molecule has 0 spiro atoms. The molecule has 11 rings (SSSR count). The Bertz CT molecular complexity index is 3180. The van der Waals surface area contributed by atoms with Gasteiger partial charge in [0.25, 0.3) is 0 Å². The van der Waals surface area contributed by atoms with E-state index in [1.54, 1.807) is 0 Å². The Balaban J connectivity index is 1.14. The maximum Gasteiger partial charge on any atom is 0.143 e. The number of hydrogen-bond donors (Lipinski definition) is 0. The molecule has 53 heavy (non-hydrogen) atoms. The van der Waals surface area contributed by atoms with E-state index in [-0.39, 0.29) is 0 Å². The molecule has 0 aliphatic carbocycles. The van der Waals surface area contributed by atoms with Gasteiger partial charge in [-0.25, -0.2) is 0 Å². The molecule has 0 fully saturated rings. The van der Waals surface area contributed by atoms with Crippen LogP contribution in [-0.2, 0) is 0 Å². The van der Waals surface area contributed by atoms with Crippen molar-refractivity contribution in [2.24, 2.45) is 0 Å². The van der Waals surface area contributed by atoms with Crippen LogP contribution in [0.2, 0.25) is 0 Å². The molecule has 0 atom stereocenters. The number of furan rings is 1. The molecule has 9 aromatic carbocycles. The SMILES string of the molecule is c1cc(-c2cccc3sc4ccccc4c23)cc(N(c2ccc(-c3cccc4ccccc34)cc2)c2cccc3oc4c5ccccc5ccc4c23)c1. The van der Waals surface area contributed by atoms with Crippen LogP contribution in [-0.4, -0.2) is 0 Å². The van der Waals surface area contributed by atoms with Crippen LogP contribution in [0.4, 0.5) is 17.1 Å². The lowest BCUT2D eigenvalue weighted by molar-refractivity contribution is 0.672. The van der Waals surface area contributed by atoms with E-state index in [1.165, 1.54) is 58.6 Å². The zero-order valence-corrected chi connectivity index (χ0v) is 29.5. The van der Waals surface area contributed by atoms with E-state index in [9.17, 15) is 0 Å². The Kier molecular flexibility index (Phi) is 6.76. The molecule has 0 bridgehead atoms. The van der Waals surface area contributed by atoms with Crippen molar-refractivity contribution in [2.75, 3.05) is 4.90 Å². The molecule has 2 heterocycles. The van der Waals surface area contributed by atoms with Crippen LogP contribution in [0, 0.1) is 0 Å². The zero-order valence-electron chi connectivity index (χ0n) is 28.7. The minimum atomic E-state index is 0.872.